The van der Waals surface area contributed by atoms with E-state index in [4.69, 9.17) is 4.74 Å². The summed E-state index contributed by atoms with van der Waals surface area (Å²) in [7, 11) is -3.45. The lowest BCUT2D eigenvalue weighted by molar-refractivity contribution is -0.129. The van der Waals surface area contributed by atoms with E-state index in [0.717, 1.165) is 0 Å². The Hall–Kier alpha value is -2.09. The van der Waals surface area contributed by atoms with Crippen LogP contribution in [0.25, 0.3) is 0 Å². The monoisotopic (exact) mass is 370 g/mol. The molecule has 2 N–H and O–H groups in total. The standard InChI is InChI=1S/C17H26N2O5S/c1-5-9-25(22,23)19-15-8-6-7-14(10-15)17(21)24-13(4)16(20)18-11-12(2)3/h6-8,10,12-13,19H,5,9,11H2,1-4H3,(H,18,20). The zero-order valence-electron chi connectivity index (χ0n) is 15.0. The molecular formula is C17H26N2O5S. The smallest absolute Gasteiger partial charge is 0.338 e. The lowest BCUT2D eigenvalue weighted by Crippen LogP contribution is -2.37. The number of carbonyl (C=O) groups is 2. The van der Waals surface area contributed by atoms with Crippen LogP contribution in [0.4, 0.5) is 5.69 Å². The number of anilines is 1. The van der Waals surface area contributed by atoms with Crippen molar-refractivity contribution in [2.45, 2.75) is 40.2 Å². The fourth-order valence-corrected chi connectivity index (χ4v) is 3.07. The molecule has 1 unspecified atom stereocenters. The van der Waals surface area contributed by atoms with Crippen molar-refractivity contribution < 1.29 is 22.7 Å². The van der Waals surface area contributed by atoms with Crippen LogP contribution >= 0.6 is 0 Å². The number of amides is 1. The Morgan fingerprint density at radius 2 is 1.88 bits per heavy atom. The minimum atomic E-state index is -3.45. The van der Waals surface area contributed by atoms with Gasteiger partial charge in [-0.05, 0) is 37.5 Å². The number of rotatable bonds is 9. The summed E-state index contributed by atoms with van der Waals surface area (Å²) in [5, 5.41) is 2.69. The first-order chi connectivity index (χ1) is 11.6. The van der Waals surface area contributed by atoms with Crippen molar-refractivity contribution in [3.05, 3.63) is 29.8 Å². The zero-order chi connectivity index (χ0) is 19.0. The van der Waals surface area contributed by atoms with Crippen LogP contribution in [0.1, 0.15) is 44.5 Å². The highest BCUT2D eigenvalue weighted by atomic mass is 32.2. The van der Waals surface area contributed by atoms with E-state index in [1.165, 1.54) is 19.1 Å². The maximum atomic E-state index is 12.2. The van der Waals surface area contributed by atoms with Crippen LogP contribution in [0.2, 0.25) is 0 Å². The molecule has 8 heteroatoms. The second kappa shape index (κ2) is 9.41. The van der Waals surface area contributed by atoms with Crippen LogP contribution in [-0.2, 0) is 19.6 Å². The summed E-state index contributed by atoms with van der Waals surface area (Å²) in [6.07, 6.45) is -0.452. The van der Waals surface area contributed by atoms with Gasteiger partial charge in [-0.15, -0.1) is 0 Å². The SMILES string of the molecule is CCCS(=O)(=O)Nc1cccc(C(=O)OC(C)C(=O)NCC(C)C)c1. The number of ether oxygens (including phenoxy) is 1. The molecule has 1 amide bonds. The highest BCUT2D eigenvalue weighted by Crippen LogP contribution is 2.14. The second-order valence-electron chi connectivity index (χ2n) is 6.19. The number of carbonyl (C=O) groups excluding carboxylic acids is 2. The number of benzene rings is 1. The van der Waals surface area contributed by atoms with Crippen LogP contribution in [0, 0.1) is 5.92 Å². The minimum absolute atomic E-state index is 0.00523. The Morgan fingerprint density at radius 3 is 2.48 bits per heavy atom. The van der Waals surface area contributed by atoms with Crippen LogP contribution in [0.5, 0.6) is 0 Å². The molecule has 0 saturated heterocycles. The molecule has 0 fully saturated rings. The lowest BCUT2D eigenvalue weighted by atomic mass is 10.2. The molecule has 0 aliphatic heterocycles. The maximum absolute atomic E-state index is 12.2. The summed E-state index contributed by atoms with van der Waals surface area (Å²) in [6.45, 7) is 7.67. The van der Waals surface area contributed by atoms with Gasteiger partial charge in [0.15, 0.2) is 6.10 Å². The molecule has 7 nitrogen and oxygen atoms in total. The average molecular weight is 370 g/mol. The summed E-state index contributed by atoms with van der Waals surface area (Å²) in [5.41, 5.74) is 0.444. The second-order valence-corrected chi connectivity index (χ2v) is 8.03. The fraction of sp³-hybridized carbons (Fsp3) is 0.529. The third-order valence-electron chi connectivity index (χ3n) is 3.18. The Labute approximate surface area is 149 Å². The Balaban J connectivity index is 2.73. The van der Waals surface area contributed by atoms with Gasteiger partial charge in [-0.2, -0.15) is 0 Å². The Bertz CT molecular complexity index is 701. The fourth-order valence-electron chi connectivity index (χ4n) is 1.94. The quantitative estimate of drug-likeness (QED) is 0.649. The lowest BCUT2D eigenvalue weighted by Gasteiger charge is -2.15. The number of hydrogen-bond donors (Lipinski definition) is 2. The van der Waals surface area contributed by atoms with E-state index in [2.05, 4.69) is 10.0 Å². The van der Waals surface area contributed by atoms with Crippen molar-refractivity contribution in [3.8, 4) is 0 Å². The molecule has 140 valence electrons. The van der Waals surface area contributed by atoms with E-state index in [9.17, 15) is 18.0 Å². The van der Waals surface area contributed by atoms with Crippen molar-refractivity contribution in [3.63, 3.8) is 0 Å². The van der Waals surface area contributed by atoms with Gasteiger partial charge < -0.3 is 10.1 Å². The molecule has 25 heavy (non-hydrogen) atoms. The van der Waals surface area contributed by atoms with E-state index < -0.39 is 22.1 Å². The molecule has 0 spiro atoms. The van der Waals surface area contributed by atoms with Crippen molar-refractivity contribution >= 4 is 27.6 Å². The normalized spacial score (nSPS) is 12.5. The molecule has 0 aliphatic rings. The number of esters is 1. The molecule has 0 heterocycles. The molecule has 0 aromatic heterocycles. The highest BCUT2D eigenvalue weighted by Gasteiger charge is 2.19. The number of hydrogen-bond acceptors (Lipinski definition) is 5. The molecule has 0 bridgehead atoms. The molecule has 1 aromatic rings. The van der Waals surface area contributed by atoms with E-state index in [-0.39, 0.29) is 22.9 Å². The van der Waals surface area contributed by atoms with Gasteiger partial charge in [-0.3, -0.25) is 9.52 Å². The van der Waals surface area contributed by atoms with Crippen molar-refractivity contribution in [1.29, 1.82) is 0 Å². The topological polar surface area (TPSA) is 102 Å². The zero-order valence-corrected chi connectivity index (χ0v) is 15.9. The summed E-state index contributed by atoms with van der Waals surface area (Å²) in [4.78, 5) is 24.0. The molecule has 0 radical (unpaired) electrons. The van der Waals surface area contributed by atoms with Gasteiger partial charge >= 0.3 is 5.97 Å². The predicted octanol–water partition coefficient (Wildman–Crippen LogP) is 2.16. The van der Waals surface area contributed by atoms with Crippen LogP contribution < -0.4 is 10.0 Å². The molecule has 1 aromatic carbocycles. The molecular weight excluding hydrogens is 344 g/mol. The largest absolute Gasteiger partial charge is 0.449 e. The van der Waals surface area contributed by atoms with Crippen LogP contribution in [-0.4, -0.2) is 38.7 Å². The summed E-state index contributed by atoms with van der Waals surface area (Å²) in [5.74, 6) is -0.778. The van der Waals surface area contributed by atoms with Crippen LogP contribution in [0.15, 0.2) is 24.3 Å². The Kier molecular flexibility index (Phi) is 7.89. The van der Waals surface area contributed by atoms with Gasteiger partial charge in [0.05, 0.1) is 11.3 Å². The van der Waals surface area contributed by atoms with E-state index in [1.54, 1.807) is 19.1 Å². The van der Waals surface area contributed by atoms with Gasteiger partial charge in [-0.1, -0.05) is 26.8 Å². The molecule has 0 saturated carbocycles. The van der Waals surface area contributed by atoms with E-state index in [0.29, 0.717) is 18.9 Å². The van der Waals surface area contributed by atoms with E-state index >= 15 is 0 Å². The van der Waals surface area contributed by atoms with Crippen molar-refractivity contribution in [1.82, 2.24) is 5.32 Å². The van der Waals surface area contributed by atoms with Gasteiger partial charge in [0, 0.05) is 12.2 Å². The van der Waals surface area contributed by atoms with E-state index in [1.807, 2.05) is 13.8 Å². The van der Waals surface area contributed by atoms with Gasteiger partial charge in [0.1, 0.15) is 0 Å². The Morgan fingerprint density at radius 1 is 1.20 bits per heavy atom. The third kappa shape index (κ3) is 7.55. The highest BCUT2D eigenvalue weighted by molar-refractivity contribution is 7.92. The minimum Gasteiger partial charge on any atom is -0.449 e. The van der Waals surface area contributed by atoms with Crippen molar-refractivity contribution in [2.24, 2.45) is 5.92 Å². The number of nitrogens with one attached hydrogen (secondary N) is 2. The molecule has 1 atom stereocenters. The van der Waals surface area contributed by atoms with Crippen molar-refractivity contribution in [2.75, 3.05) is 17.0 Å². The van der Waals surface area contributed by atoms with Gasteiger partial charge in [0.25, 0.3) is 5.91 Å². The number of sulfonamides is 1. The average Bonchev–Trinajstić information content (AvgIpc) is 2.52. The first kappa shape index (κ1) is 21.0. The molecule has 1 rings (SSSR count). The first-order valence-corrected chi connectivity index (χ1v) is 9.89. The third-order valence-corrected chi connectivity index (χ3v) is 4.67. The maximum Gasteiger partial charge on any atom is 0.338 e. The van der Waals surface area contributed by atoms with Gasteiger partial charge in [-0.25, -0.2) is 13.2 Å². The summed E-state index contributed by atoms with van der Waals surface area (Å²) < 4.78 is 31.1. The van der Waals surface area contributed by atoms with Gasteiger partial charge in [0.2, 0.25) is 10.0 Å². The molecule has 0 aliphatic carbocycles. The van der Waals surface area contributed by atoms with Crippen LogP contribution in [0.3, 0.4) is 0 Å². The summed E-state index contributed by atoms with van der Waals surface area (Å²) in [6, 6.07) is 5.97. The predicted molar refractivity (Wildman–Crippen MR) is 96.9 cm³/mol. The first-order valence-electron chi connectivity index (χ1n) is 8.24. The summed E-state index contributed by atoms with van der Waals surface area (Å²) >= 11 is 0.